The minimum Gasteiger partial charge on any atom is -0.455 e. The van der Waals surface area contributed by atoms with Gasteiger partial charge < -0.3 is 4.42 Å². The molecule has 0 unspecified atom stereocenters. The Labute approximate surface area is 206 Å². The van der Waals surface area contributed by atoms with Crippen LogP contribution in [-0.4, -0.2) is 22.6 Å². The van der Waals surface area contributed by atoms with Crippen LogP contribution in [0.15, 0.2) is 70.1 Å². The normalized spacial score (nSPS) is 13.6. The number of thiophene rings is 1. The number of aliphatic imine (C=N–C) groups is 1. The fourth-order valence-corrected chi connectivity index (χ4v) is 5.54. The van der Waals surface area contributed by atoms with Crippen LogP contribution in [0.2, 0.25) is 0 Å². The molecule has 2 aromatic heterocycles. The first kappa shape index (κ1) is 22.7. The highest BCUT2D eigenvalue weighted by Gasteiger charge is 2.24. The maximum absolute atomic E-state index is 11.0. The molecule has 0 atom stereocenters. The van der Waals surface area contributed by atoms with Crippen molar-refractivity contribution in [3.63, 3.8) is 0 Å². The summed E-state index contributed by atoms with van der Waals surface area (Å²) in [6.45, 7) is 4.42. The van der Waals surface area contributed by atoms with Crippen molar-refractivity contribution >= 4 is 28.2 Å². The van der Waals surface area contributed by atoms with Crippen molar-refractivity contribution < 1.29 is 9.34 Å². The zero-order chi connectivity index (χ0) is 24.4. The molecule has 0 saturated carbocycles. The highest BCUT2D eigenvalue weighted by Crippen LogP contribution is 2.39. The number of nitro groups is 1. The predicted octanol–water partition coefficient (Wildman–Crippen LogP) is 6.41. The van der Waals surface area contributed by atoms with Crippen LogP contribution in [0.25, 0.3) is 11.3 Å². The number of aryl methyl sites for hydroxylation is 1. The highest BCUT2D eigenvalue weighted by atomic mass is 32.1. The Morgan fingerprint density at radius 3 is 2.80 bits per heavy atom. The average Bonchev–Trinajstić information content (AvgIpc) is 3.47. The molecule has 1 aliphatic heterocycles. The fourth-order valence-electron chi connectivity index (χ4n) is 4.35. The minimum absolute atomic E-state index is 0.0487. The fraction of sp³-hybridized carbons (Fsp3) is 0.185. The van der Waals surface area contributed by atoms with Crippen LogP contribution in [0.5, 0.6) is 0 Å². The van der Waals surface area contributed by atoms with Gasteiger partial charge in [-0.05, 0) is 48.2 Å². The van der Waals surface area contributed by atoms with Gasteiger partial charge in [0.25, 0.3) is 5.69 Å². The molecule has 3 heterocycles. The predicted molar refractivity (Wildman–Crippen MR) is 136 cm³/mol. The van der Waals surface area contributed by atoms with Gasteiger partial charge in [0, 0.05) is 42.2 Å². The van der Waals surface area contributed by atoms with Gasteiger partial charge in [0.1, 0.15) is 22.6 Å². The summed E-state index contributed by atoms with van der Waals surface area (Å²) in [6, 6.07) is 21.1. The first-order valence-corrected chi connectivity index (χ1v) is 12.0. The average molecular weight is 483 g/mol. The van der Waals surface area contributed by atoms with Crippen LogP contribution in [0.4, 0.5) is 10.7 Å². The van der Waals surface area contributed by atoms with Crippen LogP contribution in [-0.2, 0) is 19.5 Å². The molecule has 0 N–H and O–H groups in total. The molecule has 0 radical (unpaired) electrons. The van der Waals surface area contributed by atoms with Gasteiger partial charge in [-0.2, -0.15) is 5.26 Å². The molecule has 35 heavy (non-hydrogen) atoms. The van der Waals surface area contributed by atoms with E-state index in [1.165, 1.54) is 22.6 Å². The zero-order valence-electron chi connectivity index (χ0n) is 19.1. The Hall–Kier alpha value is -4.06. The smallest absolute Gasteiger partial charge is 0.269 e. The topological polar surface area (TPSA) is 95.7 Å². The number of furan rings is 1. The Morgan fingerprint density at radius 2 is 2.06 bits per heavy atom. The molecule has 0 saturated heterocycles. The molecule has 4 aromatic rings. The van der Waals surface area contributed by atoms with E-state index in [-0.39, 0.29) is 5.69 Å². The molecule has 2 aromatic carbocycles. The number of nitrogens with zero attached hydrogens (tertiary/aromatic N) is 4. The molecule has 0 spiro atoms. The third-order valence-corrected chi connectivity index (χ3v) is 7.23. The summed E-state index contributed by atoms with van der Waals surface area (Å²) in [4.78, 5) is 18.8. The number of rotatable bonds is 6. The number of benzene rings is 2. The van der Waals surface area contributed by atoms with E-state index in [4.69, 9.17) is 4.42 Å². The molecule has 1 aliphatic rings. The van der Waals surface area contributed by atoms with Crippen molar-refractivity contribution in [3.8, 4) is 17.4 Å². The lowest BCUT2D eigenvalue weighted by atomic mass is 10.0. The highest BCUT2D eigenvalue weighted by molar-refractivity contribution is 7.16. The van der Waals surface area contributed by atoms with Gasteiger partial charge in [-0.25, -0.2) is 4.99 Å². The van der Waals surface area contributed by atoms with Crippen LogP contribution in [0.3, 0.4) is 0 Å². The van der Waals surface area contributed by atoms with Crippen LogP contribution >= 0.6 is 11.3 Å². The van der Waals surface area contributed by atoms with Crippen molar-refractivity contribution in [1.29, 1.82) is 5.26 Å². The van der Waals surface area contributed by atoms with E-state index in [1.807, 2.05) is 19.1 Å². The van der Waals surface area contributed by atoms with Gasteiger partial charge in [-0.3, -0.25) is 15.0 Å². The third kappa shape index (κ3) is 4.78. The molecule has 0 bridgehead atoms. The van der Waals surface area contributed by atoms with Crippen molar-refractivity contribution in [1.82, 2.24) is 4.90 Å². The third-order valence-electron chi connectivity index (χ3n) is 6.10. The summed E-state index contributed by atoms with van der Waals surface area (Å²) in [5.41, 5.74) is 4.64. The quantitative estimate of drug-likeness (QED) is 0.180. The summed E-state index contributed by atoms with van der Waals surface area (Å²) >= 11 is 1.56. The van der Waals surface area contributed by atoms with Gasteiger partial charge in [0.2, 0.25) is 0 Å². The monoisotopic (exact) mass is 482 g/mol. The van der Waals surface area contributed by atoms with Gasteiger partial charge in [0.15, 0.2) is 0 Å². The van der Waals surface area contributed by atoms with Gasteiger partial charge in [-0.1, -0.05) is 30.3 Å². The SMILES string of the molecule is Cc1cc([N+](=O)[O-])ccc1-c1ccc(C=Nc2sc3c(c2C#N)CCN(Cc2ccccc2)C3)o1. The number of hydrogen-bond acceptors (Lipinski definition) is 7. The van der Waals surface area contributed by atoms with Crippen molar-refractivity contribution in [2.45, 2.75) is 26.4 Å². The first-order chi connectivity index (χ1) is 17.0. The molecule has 174 valence electrons. The van der Waals surface area contributed by atoms with E-state index >= 15 is 0 Å². The summed E-state index contributed by atoms with van der Waals surface area (Å²) in [6.07, 6.45) is 2.46. The number of fused-ring (bicyclic) bond motifs is 1. The molecule has 0 fully saturated rings. The second-order valence-corrected chi connectivity index (χ2v) is 9.54. The largest absolute Gasteiger partial charge is 0.455 e. The van der Waals surface area contributed by atoms with E-state index in [9.17, 15) is 15.4 Å². The van der Waals surface area contributed by atoms with Crippen molar-refractivity contribution in [3.05, 3.63) is 104 Å². The summed E-state index contributed by atoms with van der Waals surface area (Å²) in [5, 5.41) is 21.5. The lowest BCUT2D eigenvalue weighted by molar-refractivity contribution is -0.384. The van der Waals surface area contributed by atoms with Gasteiger partial charge in [-0.15, -0.1) is 11.3 Å². The van der Waals surface area contributed by atoms with Gasteiger partial charge in [0.05, 0.1) is 16.7 Å². The Balaban J connectivity index is 1.34. The first-order valence-electron chi connectivity index (χ1n) is 11.2. The molecule has 8 heteroatoms. The van der Waals surface area contributed by atoms with Crippen molar-refractivity contribution in [2.75, 3.05) is 6.54 Å². The van der Waals surface area contributed by atoms with E-state index in [0.717, 1.165) is 42.7 Å². The number of hydrogen-bond donors (Lipinski definition) is 0. The molecular weight excluding hydrogens is 460 g/mol. The second-order valence-electron chi connectivity index (χ2n) is 8.46. The molecule has 7 nitrogen and oxygen atoms in total. The van der Waals surface area contributed by atoms with E-state index in [2.05, 4.69) is 40.2 Å². The lowest BCUT2D eigenvalue weighted by Crippen LogP contribution is -2.29. The van der Waals surface area contributed by atoms with Gasteiger partial charge >= 0.3 is 0 Å². The number of nitro benzene ring substituents is 1. The minimum atomic E-state index is -0.411. The van der Waals surface area contributed by atoms with Crippen molar-refractivity contribution in [2.24, 2.45) is 4.99 Å². The lowest BCUT2D eigenvalue weighted by Gasteiger charge is -2.26. The van der Waals surface area contributed by atoms with E-state index < -0.39 is 4.92 Å². The summed E-state index contributed by atoms with van der Waals surface area (Å²) in [7, 11) is 0. The molecule has 0 aliphatic carbocycles. The molecule has 0 amide bonds. The molecule has 5 rings (SSSR count). The van der Waals surface area contributed by atoms with E-state index in [0.29, 0.717) is 22.1 Å². The number of non-ortho nitro benzene ring substituents is 1. The second kappa shape index (κ2) is 9.66. The van der Waals surface area contributed by atoms with Crippen LogP contribution < -0.4 is 0 Å². The summed E-state index contributed by atoms with van der Waals surface area (Å²) < 4.78 is 5.93. The number of nitriles is 1. The maximum atomic E-state index is 11.0. The van der Waals surface area contributed by atoms with E-state index in [1.54, 1.807) is 29.7 Å². The maximum Gasteiger partial charge on any atom is 0.269 e. The summed E-state index contributed by atoms with van der Waals surface area (Å²) in [5.74, 6) is 1.17. The van der Waals surface area contributed by atoms with Crippen LogP contribution in [0.1, 0.15) is 32.9 Å². The standard InChI is InChI=1S/C27H22N4O3S/c1-18-13-20(31(32)33)7-9-22(18)25-10-8-21(34-25)15-29-27-24(14-28)23-11-12-30(17-26(23)35-27)16-19-5-3-2-4-6-19/h2-10,13,15H,11-12,16-17H2,1H3. The van der Waals surface area contributed by atoms with Crippen LogP contribution in [0, 0.1) is 28.4 Å². The zero-order valence-corrected chi connectivity index (χ0v) is 19.9. The Bertz CT molecular complexity index is 1460. The molecular formula is C27H22N4O3S. The Morgan fingerprint density at radius 1 is 1.23 bits per heavy atom. The Kier molecular flexibility index (Phi) is 6.27.